The first-order valence-corrected chi connectivity index (χ1v) is 17.6. The number of carbonyl (C=O) groups excluding carboxylic acids is 6. The number of carbonyl (C=O) groups is 6. The summed E-state index contributed by atoms with van der Waals surface area (Å²) < 4.78 is 10.9. The van der Waals surface area contributed by atoms with Crippen LogP contribution < -0.4 is 10.6 Å². The van der Waals surface area contributed by atoms with Crippen molar-refractivity contribution in [2.45, 2.75) is 53.0 Å². The van der Waals surface area contributed by atoms with Crippen molar-refractivity contribution in [2.75, 3.05) is 26.2 Å². The van der Waals surface area contributed by atoms with Crippen molar-refractivity contribution in [1.82, 2.24) is 40.4 Å². The molecule has 2 aromatic carbocycles. The molecular weight excluding hydrogens is 696 g/mol. The van der Waals surface area contributed by atoms with Gasteiger partial charge >= 0.3 is 11.9 Å². The molecule has 5 rings (SSSR count). The zero-order valence-electron chi connectivity index (χ0n) is 30.5. The van der Waals surface area contributed by atoms with Gasteiger partial charge in [-0.15, -0.1) is 0 Å². The van der Waals surface area contributed by atoms with Crippen LogP contribution in [0.15, 0.2) is 73.3 Å². The van der Waals surface area contributed by atoms with Crippen LogP contribution in [0.25, 0.3) is 0 Å². The number of hydrogen-bond donors (Lipinski definition) is 4. The average molecular weight is 741 g/mol. The molecule has 2 aromatic heterocycles. The fraction of sp³-hybridized carbons (Fsp3) is 0.368. The lowest BCUT2D eigenvalue weighted by Gasteiger charge is -2.34. The van der Waals surface area contributed by atoms with Crippen molar-refractivity contribution in [2.24, 2.45) is 11.8 Å². The molecule has 2 atom stereocenters. The summed E-state index contributed by atoms with van der Waals surface area (Å²) in [6, 6.07) is 16.3. The number of aromatic amines is 2. The molecule has 0 radical (unpaired) electrons. The minimum Gasteiger partial charge on any atom is -0.459 e. The first kappa shape index (κ1) is 38.9. The van der Waals surface area contributed by atoms with E-state index in [1.54, 1.807) is 27.7 Å². The van der Waals surface area contributed by atoms with Gasteiger partial charge < -0.3 is 39.9 Å². The third-order valence-electron chi connectivity index (χ3n) is 8.85. The molecule has 1 aliphatic heterocycles. The van der Waals surface area contributed by atoms with Crippen LogP contribution in [0.5, 0.6) is 0 Å². The van der Waals surface area contributed by atoms with Crippen LogP contribution in [-0.4, -0.2) is 104 Å². The lowest BCUT2D eigenvalue weighted by atomic mass is 10.0. The first-order chi connectivity index (χ1) is 25.9. The maximum absolute atomic E-state index is 13.6. The van der Waals surface area contributed by atoms with E-state index in [1.807, 2.05) is 60.7 Å². The smallest absolute Gasteiger partial charge is 0.329 e. The zero-order chi connectivity index (χ0) is 38.8. The molecular formula is C38H44N8O8. The molecule has 0 bridgehead atoms. The molecule has 54 heavy (non-hydrogen) atoms. The molecule has 0 spiro atoms. The number of amides is 4. The number of piperazine rings is 1. The topological polar surface area (TPSA) is 209 Å². The highest BCUT2D eigenvalue weighted by Gasteiger charge is 2.34. The van der Waals surface area contributed by atoms with E-state index < -0.39 is 47.7 Å². The number of H-pyrrole nitrogens is 2. The van der Waals surface area contributed by atoms with Crippen molar-refractivity contribution in [3.63, 3.8) is 0 Å². The second kappa shape index (κ2) is 17.9. The number of nitrogens with zero attached hydrogens (tertiary/aromatic N) is 4. The van der Waals surface area contributed by atoms with Crippen molar-refractivity contribution in [1.29, 1.82) is 0 Å². The Hall–Kier alpha value is -6.32. The molecule has 16 heteroatoms. The summed E-state index contributed by atoms with van der Waals surface area (Å²) in [6.45, 7) is 7.58. The normalized spacial score (nSPS) is 14.0. The SMILES string of the molecule is CC(C)C(NC(=O)c1nc[nH]c1C(=O)N1CCN(C(=O)c2[nH]cnc2C(=O)NC(C(=O)OCc2ccccc2)C(C)C)CC1)C(=O)OCc1ccccc1. The second-order valence-corrected chi connectivity index (χ2v) is 13.4. The summed E-state index contributed by atoms with van der Waals surface area (Å²) in [7, 11) is 0. The Labute approximate surface area is 312 Å². The van der Waals surface area contributed by atoms with Gasteiger partial charge in [-0.3, -0.25) is 19.2 Å². The Bertz CT molecular complexity index is 1790. The van der Waals surface area contributed by atoms with E-state index in [2.05, 4.69) is 30.6 Å². The number of rotatable bonds is 14. The van der Waals surface area contributed by atoms with Gasteiger partial charge in [0.1, 0.15) is 36.7 Å². The van der Waals surface area contributed by atoms with Crippen LogP contribution in [0.1, 0.15) is 80.8 Å². The number of nitrogens with one attached hydrogen (secondary N) is 4. The number of ether oxygens (including phenoxy) is 2. The molecule has 3 heterocycles. The molecule has 0 saturated carbocycles. The van der Waals surface area contributed by atoms with Gasteiger partial charge in [0.2, 0.25) is 0 Å². The van der Waals surface area contributed by atoms with Crippen molar-refractivity contribution >= 4 is 35.6 Å². The Balaban J connectivity index is 1.16. The lowest BCUT2D eigenvalue weighted by Crippen LogP contribution is -2.51. The quantitative estimate of drug-likeness (QED) is 0.139. The Kier molecular flexibility index (Phi) is 12.9. The van der Waals surface area contributed by atoms with Gasteiger partial charge in [-0.1, -0.05) is 88.4 Å². The monoisotopic (exact) mass is 740 g/mol. The predicted octanol–water partition coefficient (Wildman–Crippen LogP) is 2.73. The molecule has 1 fully saturated rings. The molecule has 1 saturated heterocycles. The molecule has 4 N–H and O–H groups in total. The highest BCUT2D eigenvalue weighted by molar-refractivity contribution is 6.07. The lowest BCUT2D eigenvalue weighted by molar-refractivity contribution is -0.149. The van der Waals surface area contributed by atoms with E-state index in [-0.39, 0.29) is 74.0 Å². The summed E-state index contributed by atoms with van der Waals surface area (Å²) in [4.78, 5) is 96.1. The molecule has 284 valence electrons. The van der Waals surface area contributed by atoms with Crippen LogP contribution in [-0.2, 0) is 32.3 Å². The third-order valence-corrected chi connectivity index (χ3v) is 8.85. The van der Waals surface area contributed by atoms with Crippen LogP contribution in [0.2, 0.25) is 0 Å². The highest BCUT2D eigenvalue weighted by atomic mass is 16.5. The minimum atomic E-state index is -0.991. The summed E-state index contributed by atoms with van der Waals surface area (Å²) in [5.41, 5.74) is 1.09. The number of hydrogen-bond acceptors (Lipinski definition) is 10. The second-order valence-electron chi connectivity index (χ2n) is 13.4. The van der Waals surface area contributed by atoms with Crippen LogP contribution in [0.3, 0.4) is 0 Å². The maximum atomic E-state index is 13.6. The number of imidazole rings is 2. The van der Waals surface area contributed by atoms with Crippen molar-refractivity contribution in [3.05, 3.63) is 107 Å². The summed E-state index contributed by atoms with van der Waals surface area (Å²) in [5, 5.41) is 5.31. The first-order valence-electron chi connectivity index (χ1n) is 17.6. The summed E-state index contributed by atoms with van der Waals surface area (Å²) >= 11 is 0. The standard InChI is InChI=1S/C38H44N8O8/c1-23(2)27(37(51)53-19-25-11-7-5-8-12-25)43-33(47)29-31(41-21-39-29)35(49)45-15-17-46(18-16-45)36(50)32-30(40-22-42-32)34(48)44-28(24(3)4)38(52)54-20-26-13-9-6-10-14-26/h5-14,21-24,27-28H,15-20H2,1-4H3,(H,39,41)(H,40,42)(H,43,47)(H,44,48). The van der Waals surface area contributed by atoms with Gasteiger partial charge in [-0.25, -0.2) is 19.6 Å². The predicted molar refractivity (Wildman–Crippen MR) is 194 cm³/mol. The Morgan fingerprint density at radius 1 is 0.611 bits per heavy atom. The fourth-order valence-electron chi connectivity index (χ4n) is 5.74. The maximum Gasteiger partial charge on any atom is 0.329 e. The number of aromatic nitrogens is 4. The Morgan fingerprint density at radius 3 is 1.30 bits per heavy atom. The largest absolute Gasteiger partial charge is 0.459 e. The highest BCUT2D eigenvalue weighted by Crippen LogP contribution is 2.16. The third kappa shape index (κ3) is 9.56. The number of benzene rings is 2. The molecule has 16 nitrogen and oxygen atoms in total. The summed E-state index contributed by atoms with van der Waals surface area (Å²) in [6.07, 6.45) is 2.44. The van der Waals surface area contributed by atoms with E-state index >= 15 is 0 Å². The van der Waals surface area contributed by atoms with Crippen LogP contribution in [0.4, 0.5) is 0 Å². The zero-order valence-corrected chi connectivity index (χ0v) is 30.5. The van der Waals surface area contributed by atoms with E-state index in [1.165, 1.54) is 22.5 Å². The van der Waals surface area contributed by atoms with E-state index in [0.717, 1.165) is 11.1 Å². The van der Waals surface area contributed by atoms with E-state index in [9.17, 15) is 28.8 Å². The van der Waals surface area contributed by atoms with E-state index in [4.69, 9.17) is 9.47 Å². The van der Waals surface area contributed by atoms with Gasteiger partial charge in [-0.2, -0.15) is 0 Å². The van der Waals surface area contributed by atoms with Gasteiger partial charge in [0, 0.05) is 26.2 Å². The number of esters is 2. The van der Waals surface area contributed by atoms with Crippen LogP contribution in [0, 0.1) is 11.8 Å². The summed E-state index contributed by atoms with van der Waals surface area (Å²) in [5.74, 6) is -4.36. The van der Waals surface area contributed by atoms with Gasteiger partial charge in [-0.05, 0) is 23.0 Å². The van der Waals surface area contributed by atoms with Crippen molar-refractivity contribution < 1.29 is 38.2 Å². The minimum absolute atomic E-state index is 0.0406. The molecule has 1 aliphatic rings. The van der Waals surface area contributed by atoms with Crippen LogP contribution >= 0.6 is 0 Å². The fourth-order valence-corrected chi connectivity index (χ4v) is 5.74. The van der Waals surface area contributed by atoms with Crippen molar-refractivity contribution in [3.8, 4) is 0 Å². The molecule has 2 unspecified atom stereocenters. The average Bonchev–Trinajstić information content (AvgIpc) is 3.88. The molecule has 4 aromatic rings. The van der Waals surface area contributed by atoms with Gasteiger partial charge in [0.05, 0.1) is 12.7 Å². The molecule has 4 amide bonds. The Morgan fingerprint density at radius 2 is 0.963 bits per heavy atom. The van der Waals surface area contributed by atoms with Gasteiger partial charge in [0.25, 0.3) is 23.6 Å². The van der Waals surface area contributed by atoms with E-state index in [0.29, 0.717) is 0 Å². The molecule has 0 aliphatic carbocycles. The van der Waals surface area contributed by atoms with Gasteiger partial charge in [0.15, 0.2) is 11.4 Å².